The van der Waals surface area contributed by atoms with Gasteiger partial charge < -0.3 is 14.0 Å². The third kappa shape index (κ3) is 14.0. The van der Waals surface area contributed by atoms with Gasteiger partial charge in [-0.25, -0.2) is 0 Å². The van der Waals surface area contributed by atoms with Gasteiger partial charge in [0.2, 0.25) is 0 Å². The highest BCUT2D eigenvalue weighted by Crippen LogP contribution is 2.56. The first-order valence-electron chi connectivity index (χ1n) is 31.1. The highest BCUT2D eigenvalue weighted by molar-refractivity contribution is 6.37. The fourth-order valence-electron chi connectivity index (χ4n) is 13.2. The smallest absolute Gasteiger partial charge is 0.371 e. The van der Waals surface area contributed by atoms with Crippen LogP contribution in [0.15, 0.2) is 273 Å². The van der Waals surface area contributed by atoms with Crippen molar-refractivity contribution in [1.82, 2.24) is 0 Å². The van der Waals surface area contributed by atoms with Gasteiger partial charge in [-0.05, 0) is 69.3 Å². The van der Waals surface area contributed by atoms with Crippen LogP contribution in [0.2, 0.25) is 0 Å². The quantitative estimate of drug-likeness (QED) is 0.0303. The Labute approximate surface area is 493 Å². The van der Waals surface area contributed by atoms with Crippen LogP contribution in [0.1, 0.15) is 185 Å². The number of unbranched alkanes of at least 4 members (excludes halogenated alkanes) is 9. The molecule has 0 spiro atoms. The Morgan fingerprint density at radius 1 is 0.244 bits per heavy atom. The Balaban J connectivity index is 1.43. The summed E-state index contributed by atoms with van der Waals surface area (Å²) < 4.78 is 26.4. The number of hydrogen-bond acceptors (Lipinski definition) is 3. The Bertz CT molecular complexity index is 2660. The summed E-state index contributed by atoms with van der Waals surface area (Å²) in [6.45, 7) is 6.89. The maximum Gasteiger partial charge on any atom is 0.642 e. The van der Waals surface area contributed by atoms with Crippen LogP contribution in [-0.2, 0) is 30.8 Å². The molecule has 0 fully saturated rings. The molecule has 9 aromatic carbocycles. The molecule has 0 aromatic heterocycles. The van der Waals surface area contributed by atoms with Gasteiger partial charge in [0.05, 0.1) is 0 Å². The molecule has 0 saturated carbocycles. The topological polar surface area (TPSA) is 27.7 Å². The number of rotatable bonds is 33. The summed E-state index contributed by atoms with van der Waals surface area (Å²) in [5.41, 5.74) is 6.32. The van der Waals surface area contributed by atoms with Gasteiger partial charge >= 0.3 is 7.32 Å². The van der Waals surface area contributed by atoms with Gasteiger partial charge in [-0.3, -0.25) is 0 Å². The molecule has 0 aliphatic heterocycles. The van der Waals surface area contributed by atoms with E-state index in [4.69, 9.17) is 14.0 Å². The van der Waals surface area contributed by atoms with Gasteiger partial charge in [-0.2, -0.15) is 0 Å². The Morgan fingerprint density at radius 2 is 0.427 bits per heavy atom. The van der Waals surface area contributed by atoms with Gasteiger partial charge in [0.25, 0.3) is 0 Å². The van der Waals surface area contributed by atoms with Gasteiger partial charge in [0.1, 0.15) is 16.8 Å². The van der Waals surface area contributed by atoms with E-state index < -0.39 is 24.1 Å². The average molecular weight is 1080 g/mol. The van der Waals surface area contributed by atoms with Crippen molar-refractivity contribution >= 4 is 7.32 Å². The minimum atomic E-state index is -1.35. The van der Waals surface area contributed by atoms with E-state index in [2.05, 4.69) is 294 Å². The molecule has 4 heteroatoms. The summed E-state index contributed by atoms with van der Waals surface area (Å²) in [5.74, 6) is -0.559. The predicted octanol–water partition coefficient (Wildman–Crippen LogP) is 21.1. The first kappa shape index (κ1) is 59.5. The molecule has 82 heavy (non-hydrogen) atoms. The summed E-state index contributed by atoms with van der Waals surface area (Å²) in [6.07, 6.45) is 15.9. The van der Waals surface area contributed by atoms with E-state index in [-0.39, 0.29) is 17.8 Å². The van der Waals surface area contributed by atoms with E-state index in [1.165, 1.54) is 16.7 Å². The van der Waals surface area contributed by atoms with Crippen molar-refractivity contribution in [1.29, 1.82) is 0 Å². The Hall–Kier alpha value is -7.08. The van der Waals surface area contributed by atoms with Crippen molar-refractivity contribution in [2.45, 2.75) is 152 Å². The van der Waals surface area contributed by atoms with Crippen LogP contribution in [-0.4, -0.2) is 7.32 Å². The van der Waals surface area contributed by atoms with E-state index >= 15 is 0 Å². The van der Waals surface area contributed by atoms with Crippen molar-refractivity contribution in [2.75, 3.05) is 0 Å². The molecular weight excluding hydrogens is 996 g/mol. The second-order valence-corrected chi connectivity index (χ2v) is 22.5. The fraction of sp³-hybridized carbons (Fsp3) is 0.308. The van der Waals surface area contributed by atoms with Gasteiger partial charge in [-0.15, -0.1) is 0 Å². The third-order valence-corrected chi connectivity index (χ3v) is 17.2. The standard InChI is InChI=1S/C78H87BO3/c1-4-7-10-40-61-73(64-43-22-13-23-44-64)76(67-49-28-16-29-50-67,68-51-30-17-31-52-68)80-79(81-77(69-53-32-18-33-54-69,70-55-34-19-35-56-70)74(62-41-11-8-5-2)65-45-24-14-25-46-65)82-78(71-57-36-20-37-58-71,72-59-38-21-39-60-72)75(63-42-12-9-6-3)66-47-26-15-27-48-66/h13-39,43-60,73-75H,4-12,40-42,61-63H2,1-3H3. The van der Waals surface area contributed by atoms with Gasteiger partial charge in [-0.1, -0.05) is 371 Å². The summed E-state index contributed by atoms with van der Waals surface area (Å²) >= 11 is 0. The average Bonchev–Trinajstić information content (AvgIpc) is 2.59. The van der Waals surface area contributed by atoms with Crippen LogP contribution < -0.4 is 0 Å². The maximum atomic E-state index is 8.79. The van der Waals surface area contributed by atoms with Crippen molar-refractivity contribution < 1.29 is 14.0 Å². The van der Waals surface area contributed by atoms with E-state index in [1.54, 1.807) is 0 Å². The molecule has 420 valence electrons. The highest BCUT2D eigenvalue weighted by atomic mass is 16.8. The zero-order valence-electron chi connectivity index (χ0n) is 49.1. The van der Waals surface area contributed by atoms with Gasteiger partial charge in [0, 0.05) is 17.8 Å². The molecule has 0 bridgehead atoms. The predicted molar refractivity (Wildman–Crippen MR) is 344 cm³/mol. The van der Waals surface area contributed by atoms with Gasteiger partial charge in [0.15, 0.2) is 0 Å². The van der Waals surface area contributed by atoms with Crippen LogP contribution in [0.5, 0.6) is 0 Å². The molecular formula is C78H87BO3. The molecule has 0 heterocycles. The molecule has 3 unspecified atom stereocenters. The summed E-state index contributed by atoms with van der Waals surface area (Å²) in [6, 6.07) is 99.5. The number of hydrogen-bond donors (Lipinski definition) is 0. The minimum absolute atomic E-state index is 0.186. The number of benzene rings is 9. The molecule has 9 aromatic rings. The Morgan fingerprint density at radius 3 is 0.610 bits per heavy atom. The van der Waals surface area contributed by atoms with Crippen LogP contribution in [0.3, 0.4) is 0 Å². The Kier molecular flexibility index (Phi) is 22.4. The van der Waals surface area contributed by atoms with E-state index in [0.717, 1.165) is 130 Å². The first-order chi connectivity index (χ1) is 40.6. The van der Waals surface area contributed by atoms with Crippen LogP contribution >= 0.6 is 0 Å². The lowest BCUT2D eigenvalue weighted by molar-refractivity contribution is -0.0892. The highest BCUT2D eigenvalue weighted by Gasteiger charge is 2.57. The van der Waals surface area contributed by atoms with E-state index in [0.29, 0.717) is 0 Å². The lowest BCUT2D eigenvalue weighted by Crippen LogP contribution is -2.54. The molecule has 0 aliphatic rings. The SMILES string of the molecule is CCCCCCC(c1ccccc1)C(OB(OC(c1ccccc1)(c1ccccc1)C(CCCCCC)c1ccccc1)OC(c1ccccc1)(c1ccccc1)C(CCCCCC)c1ccccc1)(c1ccccc1)c1ccccc1. The van der Waals surface area contributed by atoms with Crippen LogP contribution in [0.4, 0.5) is 0 Å². The summed E-state index contributed by atoms with van der Waals surface area (Å²) in [4.78, 5) is 0. The molecule has 0 aliphatic carbocycles. The molecule has 3 atom stereocenters. The zero-order valence-corrected chi connectivity index (χ0v) is 49.1. The monoisotopic (exact) mass is 1080 g/mol. The lowest BCUT2D eigenvalue weighted by atomic mass is 9.68. The summed E-state index contributed by atoms with van der Waals surface area (Å²) in [5, 5.41) is 0. The minimum Gasteiger partial charge on any atom is -0.371 e. The van der Waals surface area contributed by atoms with Crippen molar-refractivity contribution in [3.8, 4) is 0 Å². The first-order valence-corrected chi connectivity index (χ1v) is 31.1. The third-order valence-electron chi connectivity index (χ3n) is 17.2. The van der Waals surface area contributed by atoms with Crippen molar-refractivity contribution in [3.05, 3.63) is 323 Å². The maximum absolute atomic E-state index is 8.79. The second kappa shape index (κ2) is 30.8. The van der Waals surface area contributed by atoms with Crippen LogP contribution in [0, 0.1) is 0 Å². The van der Waals surface area contributed by atoms with Crippen molar-refractivity contribution in [3.63, 3.8) is 0 Å². The normalized spacial score (nSPS) is 13.1. The molecule has 3 nitrogen and oxygen atoms in total. The van der Waals surface area contributed by atoms with E-state index in [9.17, 15) is 0 Å². The molecule has 0 N–H and O–H groups in total. The molecule has 0 saturated heterocycles. The zero-order chi connectivity index (χ0) is 56.6. The van der Waals surface area contributed by atoms with E-state index in [1.807, 2.05) is 0 Å². The lowest BCUT2D eigenvalue weighted by Gasteiger charge is -2.50. The molecule has 9 rings (SSSR count). The molecule has 0 radical (unpaired) electrons. The fourth-order valence-corrected chi connectivity index (χ4v) is 13.2. The largest absolute Gasteiger partial charge is 0.642 e. The summed E-state index contributed by atoms with van der Waals surface area (Å²) in [7, 11) is -1.35. The second-order valence-electron chi connectivity index (χ2n) is 22.5. The van der Waals surface area contributed by atoms with Crippen molar-refractivity contribution in [2.24, 2.45) is 0 Å². The molecule has 0 amide bonds. The van der Waals surface area contributed by atoms with Crippen LogP contribution in [0.25, 0.3) is 0 Å².